The minimum atomic E-state index is 0.425. The van der Waals surface area contributed by atoms with E-state index in [-0.39, 0.29) is 0 Å². The van der Waals surface area contributed by atoms with Gasteiger partial charge in [-0.2, -0.15) is 0 Å². The summed E-state index contributed by atoms with van der Waals surface area (Å²) in [6.45, 7) is 2.86. The Morgan fingerprint density at radius 2 is 2.11 bits per heavy atom. The topological polar surface area (TPSA) is 38.5 Å². The van der Waals surface area contributed by atoms with Crippen molar-refractivity contribution < 1.29 is 9.26 Å². The van der Waals surface area contributed by atoms with Crippen LogP contribution in [-0.2, 0) is 11.3 Å². The Morgan fingerprint density at radius 3 is 2.78 bits per heavy atom. The van der Waals surface area contributed by atoms with Gasteiger partial charge in [-0.25, -0.2) is 0 Å². The Hall–Kier alpha value is -0.870. The third kappa shape index (κ3) is 2.93. The van der Waals surface area contributed by atoms with E-state index >= 15 is 0 Å². The molecule has 4 heteroatoms. The Morgan fingerprint density at radius 1 is 1.22 bits per heavy atom. The molecule has 1 saturated heterocycles. The summed E-state index contributed by atoms with van der Waals surface area (Å²) in [5.41, 5.74) is 0. The summed E-state index contributed by atoms with van der Waals surface area (Å²) in [4.78, 5) is 2.55. The van der Waals surface area contributed by atoms with Gasteiger partial charge in [0.25, 0.3) is 0 Å². The molecule has 4 nitrogen and oxygen atoms in total. The fourth-order valence-corrected chi connectivity index (χ4v) is 3.19. The van der Waals surface area contributed by atoms with E-state index in [0.717, 1.165) is 25.5 Å². The van der Waals surface area contributed by atoms with Crippen LogP contribution in [0.4, 0.5) is 0 Å². The minimum absolute atomic E-state index is 0.425. The van der Waals surface area contributed by atoms with E-state index in [1.807, 2.05) is 6.07 Å². The summed E-state index contributed by atoms with van der Waals surface area (Å²) in [5.74, 6) is 0.972. The summed E-state index contributed by atoms with van der Waals surface area (Å²) in [6.07, 6.45) is 9.95. The summed E-state index contributed by atoms with van der Waals surface area (Å²) in [5, 5.41) is 3.80. The Balaban J connectivity index is 1.62. The van der Waals surface area contributed by atoms with E-state index in [4.69, 9.17) is 9.26 Å². The molecule has 0 unspecified atom stereocenters. The van der Waals surface area contributed by atoms with E-state index in [2.05, 4.69) is 10.1 Å². The Labute approximate surface area is 108 Å². The lowest BCUT2D eigenvalue weighted by Crippen LogP contribution is -2.38. The van der Waals surface area contributed by atoms with Crippen molar-refractivity contribution >= 4 is 0 Å². The van der Waals surface area contributed by atoms with Crippen LogP contribution >= 0.6 is 0 Å². The summed E-state index contributed by atoms with van der Waals surface area (Å²) < 4.78 is 11.0. The van der Waals surface area contributed by atoms with Crippen molar-refractivity contribution in [3.63, 3.8) is 0 Å². The second kappa shape index (κ2) is 5.85. The first kappa shape index (κ1) is 12.2. The first-order chi connectivity index (χ1) is 8.92. The van der Waals surface area contributed by atoms with Gasteiger partial charge in [-0.1, -0.05) is 18.0 Å². The maximum absolute atomic E-state index is 5.77. The van der Waals surface area contributed by atoms with Gasteiger partial charge < -0.3 is 9.26 Å². The molecule has 1 atom stereocenters. The van der Waals surface area contributed by atoms with Crippen LogP contribution in [0, 0.1) is 0 Å². The molecule has 2 heterocycles. The number of nitrogens with zero attached hydrogens (tertiary/aromatic N) is 2. The highest BCUT2D eigenvalue weighted by atomic mass is 16.5. The molecule has 3 rings (SSSR count). The van der Waals surface area contributed by atoms with Crippen LogP contribution in [-0.4, -0.2) is 35.4 Å². The first-order valence-electron chi connectivity index (χ1n) is 7.17. The first-order valence-corrected chi connectivity index (χ1v) is 7.17. The van der Waals surface area contributed by atoms with Crippen molar-refractivity contribution in [2.75, 3.05) is 13.2 Å². The zero-order chi connectivity index (χ0) is 12.2. The standard InChI is InChI=1S/C14H22N2O2/c1-2-5-12(4-1)16(10-13-6-3-9-17-13)11-14-7-8-15-18-14/h7-8,12-13H,1-6,9-11H2/t13-/m0/s1. The van der Waals surface area contributed by atoms with E-state index in [1.54, 1.807) is 6.20 Å². The maximum Gasteiger partial charge on any atom is 0.150 e. The predicted molar refractivity (Wildman–Crippen MR) is 68.1 cm³/mol. The largest absolute Gasteiger partial charge is 0.377 e. The molecule has 100 valence electrons. The highest BCUT2D eigenvalue weighted by Crippen LogP contribution is 2.26. The lowest BCUT2D eigenvalue weighted by molar-refractivity contribution is 0.0503. The minimum Gasteiger partial charge on any atom is -0.377 e. The van der Waals surface area contributed by atoms with Gasteiger partial charge in [-0.3, -0.25) is 4.90 Å². The highest BCUT2D eigenvalue weighted by molar-refractivity contribution is 4.94. The predicted octanol–water partition coefficient (Wildman–Crippen LogP) is 2.60. The molecule has 0 aromatic carbocycles. The van der Waals surface area contributed by atoms with Crippen molar-refractivity contribution in [1.82, 2.24) is 10.1 Å². The van der Waals surface area contributed by atoms with Crippen molar-refractivity contribution in [3.05, 3.63) is 18.0 Å². The molecule has 1 aliphatic carbocycles. The van der Waals surface area contributed by atoms with Crippen LogP contribution in [0.2, 0.25) is 0 Å². The molecular weight excluding hydrogens is 228 g/mol. The van der Waals surface area contributed by atoms with Crippen LogP contribution in [0.15, 0.2) is 16.8 Å². The lowest BCUT2D eigenvalue weighted by atomic mass is 10.1. The zero-order valence-electron chi connectivity index (χ0n) is 10.9. The van der Waals surface area contributed by atoms with Crippen LogP contribution in [0.5, 0.6) is 0 Å². The molecule has 2 fully saturated rings. The molecule has 1 aromatic rings. The zero-order valence-corrected chi connectivity index (χ0v) is 10.9. The van der Waals surface area contributed by atoms with Crippen molar-refractivity contribution in [2.24, 2.45) is 0 Å². The molecule has 1 aromatic heterocycles. The fourth-order valence-electron chi connectivity index (χ4n) is 3.19. The lowest BCUT2D eigenvalue weighted by Gasteiger charge is -2.29. The molecule has 0 amide bonds. The maximum atomic E-state index is 5.77. The van der Waals surface area contributed by atoms with Crippen molar-refractivity contribution in [3.8, 4) is 0 Å². The van der Waals surface area contributed by atoms with Gasteiger partial charge in [0.1, 0.15) is 0 Å². The van der Waals surface area contributed by atoms with E-state index in [9.17, 15) is 0 Å². The highest BCUT2D eigenvalue weighted by Gasteiger charge is 2.27. The van der Waals surface area contributed by atoms with Gasteiger partial charge >= 0.3 is 0 Å². The normalized spacial score (nSPS) is 25.3. The molecule has 0 bridgehead atoms. The second-order valence-corrected chi connectivity index (χ2v) is 5.48. The van der Waals surface area contributed by atoms with E-state index < -0.39 is 0 Å². The van der Waals surface area contributed by atoms with Gasteiger partial charge in [-0.15, -0.1) is 0 Å². The molecule has 18 heavy (non-hydrogen) atoms. The molecule has 0 spiro atoms. The fraction of sp³-hybridized carbons (Fsp3) is 0.786. The van der Waals surface area contributed by atoms with Crippen LogP contribution in [0.3, 0.4) is 0 Å². The average molecular weight is 250 g/mol. The van der Waals surface area contributed by atoms with Crippen LogP contribution in [0.25, 0.3) is 0 Å². The van der Waals surface area contributed by atoms with Crippen molar-refractivity contribution in [1.29, 1.82) is 0 Å². The van der Waals surface area contributed by atoms with Gasteiger partial charge in [0.15, 0.2) is 5.76 Å². The number of ether oxygens (including phenoxy) is 1. The van der Waals surface area contributed by atoms with Crippen LogP contribution < -0.4 is 0 Å². The average Bonchev–Trinajstić information content (AvgIpc) is 3.13. The Bertz CT molecular complexity index is 341. The summed E-state index contributed by atoms with van der Waals surface area (Å²) in [6, 6.07) is 2.68. The SMILES string of the molecule is c1cc(CN(C[C@@H]2CCCO2)C2CCCC2)on1. The van der Waals surface area contributed by atoms with Gasteiger partial charge in [0.05, 0.1) is 18.8 Å². The molecule has 2 aliphatic rings. The summed E-state index contributed by atoms with van der Waals surface area (Å²) in [7, 11) is 0. The number of hydrogen-bond acceptors (Lipinski definition) is 4. The molecule has 0 N–H and O–H groups in total. The smallest absolute Gasteiger partial charge is 0.150 e. The van der Waals surface area contributed by atoms with Gasteiger partial charge in [-0.05, 0) is 25.7 Å². The van der Waals surface area contributed by atoms with Crippen molar-refractivity contribution in [2.45, 2.75) is 57.2 Å². The molecule has 1 saturated carbocycles. The quantitative estimate of drug-likeness (QED) is 0.805. The number of aromatic nitrogens is 1. The third-order valence-electron chi connectivity index (χ3n) is 4.15. The second-order valence-electron chi connectivity index (χ2n) is 5.48. The van der Waals surface area contributed by atoms with Crippen LogP contribution in [0.1, 0.15) is 44.3 Å². The third-order valence-corrected chi connectivity index (χ3v) is 4.15. The van der Waals surface area contributed by atoms with Gasteiger partial charge in [0.2, 0.25) is 0 Å². The van der Waals surface area contributed by atoms with E-state index in [0.29, 0.717) is 12.1 Å². The molecule has 0 radical (unpaired) electrons. The molecular formula is C14H22N2O2. The molecule has 1 aliphatic heterocycles. The Kier molecular flexibility index (Phi) is 3.96. The monoisotopic (exact) mass is 250 g/mol. The number of hydrogen-bond donors (Lipinski definition) is 0. The van der Waals surface area contributed by atoms with E-state index in [1.165, 1.54) is 38.5 Å². The van der Waals surface area contributed by atoms with Gasteiger partial charge in [0, 0.05) is 25.3 Å². The summed E-state index contributed by atoms with van der Waals surface area (Å²) >= 11 is 0. The number of rotatable bonds is 5.